The molecule has 0 rings (SSSR count). The van der Waals surface area contributed by atoms with Crippen LogP contribution >= 0.6 is 0 Å². The minimum absolute atomic E-state index is 0.0437. The standard InChI is InChI=1S/C13H27NO2/c1-6-11(7-2)14(9-10-15)12(16)13(4,5)8-3/h11,15H,6-10H2,1-5H3. The predicted octanol–water partition coefficient (Wildman–Crippen LogP) is 2.43. The third-order valence-electron chi connectivity index (χ3n) is 3.45. The molecular formula is C13H27NO2. The van der Waals surface area contributed by atoms with Crippen molar-refractivity contribution in [2.24, 2.45) is 5.41 Å². The Hall–Kier alpha value is -0.570. The zero-order chi connectivity index (χ0) is 12.8. The van der Waals surface area contributed by atoms with Gasteiger partial charge in [0, 0.05) is 18.0 Å². The van der Waals surface area contributed by atoms with Crippen LogP contribution in [-0.4, -0.2) is 35.1 Å². The van der Waals surface area contributed by atoms with Crippen LogP contribution in [0.1, 0.15) is 53.9 Å². The quantitative estimate of drug-likeness (QED) is 0.728. The van der Waals surface area contributed by atoms with Crippen LogP contribution in [0.25, 0.3) is 0 Å². The van der Waals surface area contributed by atoms with Crippen molar-refractivity contribution in [3.63, 3.8) is 0 Å². The number of nitrogens with zero attached hydrogens (tertiary/aromatic N) is 1. The average molecular weight is 229 g/mol. The summed E-state index contributed by atoms with van der Waals surface area (Å²) in [6.07, 6.45) is 2.72. The van der Waals surface area contributed by atoms with Crippen LogP contribution in [0.4, 0.5) is 0 Å². The highest BCUT2D eigenvalue weighted by Crippen LogP contribution is 2.25. The van der Waals surface area contributed by atoms with Gasteiger partial charge in [0.1, 0.15) is 0 Å². The normalized spacial score (nSPS) is 11.9. The van der Waals surface area contributed by atoms with Crippen LogP contribution in [-0.2, 0) is 4.79 Å². The van der Waals surface area contributed by atoms with Gasteiger partial charge < -0.3 is 10.0 Å². The Morgan fingerprint density at radius 2 is 1.75 bits per heavy atom. The number of carbonyl (C=O) groups excluding carboxylic acids is 1. The minimum Gasteiger partial charge on any atom is -0.395 e. The first kappa shape index (κ1) is 15.4. The molecule has 0 saturated heterocycles. The topological polar surface area (TPSA) is 40.5 Å². The van der Waals surface area contributed by atoms with Crippen molar-refractivity contribution in [2.45, 2.75) is 59.9 Å². The summed E-state index contributed by atoms with van der Waals surface area (Å²) in [5, 5.41) is 9.07. The van der Waals surface area contributed by atoms with E-state index in [0.29, 0.717) is 6.54 Å². The van der Waals surface area contributed by atoms with Gasteiger partial charge in [-0.1, -0.05) is 34.6 Å². The second kappa shape index (κ2) is 6.89. The summed E-state index contributed by atoms with van der Waals surface area (Å²) in [5.74, 6) is 0.165. The molecule has 1 amide bonds. The van der Waals surface area contributed by atoms with Gasteiger partial charge in [-0.25, -0.2) is 0 Å². The number of amides is 1. The number of hydrogen-bond donors (Lipinski definition) is 1. The van der Waals surface area contributed by atoms with Crippen LogP contribution in [0, 0.1) is 5.41 Å². The second-order valence-corrected chi connectivity index (χ2v) is 4.93. The predicted molar refractivity (Wildman–Crippen MR) is 67.2 cm³/mol. The Labute approximate surface area is 99.8 Å². The lowest BCUT2D eigenvalue weighted by molar-refractivity contribution is -0.143. The summed E-state index contributed by atoms with van der Waals surface area (Å²) in [5.41, 5.74) is -0.322. The van der Waals surface area contributed by atoms with E-state index in [1.807, 2.05) is 25.7 Å². The van der Waals surface area contributed by atoms with Crippen LogP contribution in [0.3, 0.4) is 0 Å². The molecule has 0 unspecified atom stereocenters. The highest BCUT2D eigenvalue weighted by molar-refractivity contribution is 5.82. The lowest BCUT2D eigenvalue weighted by Crippen LogP contribution is -2.47. The molecule has 1 N–H and O–H groups in total. The number of aliphatic hydroxyl groups is 1. The Morgan fingerprint density at radius 3 is 2.06 bits per heavy atom. The maximum absolute atomic E-state index is 12.4. The van der Waals surface area contributed by atoms with Crippen LogP contribution in [0.15, 0.2) is 0 Å². The maximum atomic E-state index is 12.4. The fourth-order valence-electron chi connectivity index (χ4n) is 1.83. The zero-order valence-corrected chi connectivity index (χ0v) is 11.4. The molecular weight excluding hydrogens is 202 g/mol. The Kier molecular flexibility index (Phi) is 6.65. The molecule has 0 aromatic rings. The van der Waals surface area contributed by atoms with Crippen LogP contribution in [0.5, 0.6) is 0 Å². The molecule has 0 saturated carbocycles. The molecule has 0 spiro atoms. The zero-order valence-electron chi connectivity index (χ0n) is 11.4. The van der Waals surface area contributed by atoms with E-state index < -0.39 is 0 Å². The first-order valence-electron chi connectivity index (χ1n) is 6.36. The van der Waals surface area contributed by atoms with Gasteiger partial charge in [-0.3, -0.25) is 4.79 Å². The SMILES string of the molecule is CCC(CC)N(CCO)C(=O)C(C)(C)CC. The van der Waals surface area contributed by atoms with Crippen molar-refractivity contribution in [3.8, 4) is 0 Å². The molecule has 0 aliphatic heterocycles. The number of carbonyl (C=O) groups is 1. The van der Waals surface area contributed by atoms with Gasteiger partial charge in [-0.2, -0.15) is 0 Å². The monoisotopic (exact) mass is 229 g/mol. The van der Waals surface area contributed by atoms with Crippen molar-refractivity contribution in [2.75, 3.05) is 13.2 Å². The van der Waals surface area contributed by atoms with E-state index in [1.54, 1.807) is 0 Å². The molecule has 0 fully saturated rings. The van der Waals surface area contributed by atoms with Gasteiger partial charge >= 0.3 is 0 Å². The molecule has 96 valence electrons. The van der Waals surface area contributed by atoms with Gasteiger partial charge in [-0.15, -0.1) is 0 Å². The summed E-state index contributed by atoms with van der Waals surface area (Å²) in [4.78, 5) is 14.2. The fraction of sp³-hybridized carbons (Fsp3) is 0.923. The Bertz CT molecular complexity index is 210. The fourth-order valence-corrected chi connectivity index (χ4v) is 1.83. The molecule has 0 bridgehead atoms. The molecule has 0 aliphatic rings. The van der Waals surface area contributed by atoms with Gasteiger partial charge in [-0.05, 0) is 19.3 Å². The van der Waals surface area contributed by atoms with Crippen molar-refractivity contribution < 1.29 is 9.90 Å². The first-order valence-corrected chi connectivity index (χ1v) is 6.36. The molecule has 0 radical (unpaired) electrons. The highest BCUT2D eigenvalue weighted by Gasteiger charge is 2.32. The maximum Gasteiger partial charge on any atom is 0.228 e. The van der Waals surface area contributed by atoms with Crippen LogP contribution < -0.4 is 0 Å². The number of aliphatic hydroxyl groups excluding tert-OH is 1. The molecule has 0 aromatic heterocycles. The lowest BCUT2D eigenvalue weighted by Gasteiger charge is -2.36. The molecule has 0 atom stereocenters. The molecule has 3 heteroatoms. The van der Waals surface area contributed by atoms with Gasteiger partial charge in [0.05, 0.1) is 6.61 Å². The highest BCUT2D eigenvalue weighted by atomic mass is 16.3. The minimum atomic E-state index is -0.322. The molecule has 16 heavy (non-hydrogen) atoms. The van der Waals surface area contributed by atoms with Crippen molar-refractivity contribution in [1.82, 2.24) is 4.90 Å². The average Bonchev–Trinajstić information content (AvgIpc) is 2.28. The van der Waals surface area contributed by atoms with E-state index in [-0.39, 0.29) is 24.0 Å². The molecule has 0 aliphatic carbocycles. The van der Waals surface area contributed by atoms with Gasteiger partial charge in [0.2, 0.25) is 5.91 Å². The van der Waals surface area contributed by atoms with E-state index in [4.69, 9.17) is 5.11 Å². The van der Waals surface area contributed by atoms with Crippen LogP contribution in [0.2, 0.25) is 0 Å². The van der Waals surface area contributed by atoms with E-state index in [2.05, 4.69) is 13.8 Å². The smallest absolute Gasteiger partial charge is 0.228 e. The summed E-state index contributed by atoms with van der Waals surface area (Å²) < 4.78 is 0. The second-order valence-electron chi connectivity index (χ2n) is 4.93. The number of rotatable bonds is 7. The number of hydrogen-bond acceptors (Lipinski definition) is 2. The van der Waals surface area contributed by atoms with E-state index >= 15 is 0 Å². The summed E-state index contributed by atoms with van der Waals surface area (Å²) in [7, 11) is 0. The Morgan fingerprint density at radius 1 is 1.25 bits per heavy atom. The lowest BCUT2D eigenvalue weighted by atomic mass is 9.87. The largest absolute Gasteiger partial charge is 0.395 e. The van der Waals surface area contributed by atoms with Gasteiger partial charge in [0.15, 0.2) is 0 Å². The third-order valence-corrected chi connectivity index (χ3v) is 3.45. The first-order chi connectivity index (χ1) is 7.44. The molecule has 0 heterocycles. The third kappa shape index (κ3) is 3.78. The Balaban J connectivity index is 4.83. The molecule has 0 aromatic carbocycles. The summed E-state index contributed by atoms with van der Waals surface area (Å²) in [6, 6.07) is 0.255. The van der Waals surface area contributed by atoms with E-state index in [1.165, 1.54) is 0 Å². The van der Waals surface area contributed by atoms with E-state index in [9.17, 15) is 4.79 Å². The summed E-state index contributed by atoms with van der Waals surface area (Å²) in [6.45, 7) is 10.7. The van der Waals surface area contributed by atoms with Crippen molar-refractivity contribution >= 4 is 5.91 Å². The van der Waals surface area contributed by atoms with E-state index in [0.717, 1.165) is 19.3 Å². The summed E-state index contributed by atoms with van der Waals surface area (Å²) >= 11 is 0. The van der Waals surface area contributed by atoms with Crippen molar-refractivity contribution in [1.29, 1.82) is 0 Å². The molecule has 3 nitrogen and oxygen atoms in total. The van der Waals surface area contributed by atoms with Crippen molar-refractivity contribution in [3.05, 3.63) is 0 Å². The van der Waals surface area contributed by atoms with Gasteiger partial charge in [0.25, 0.3) is 0 Å².